The van der Waals surface area contributed by atoms with Crippen LogP contribution in [0.25, 0.3) is 21.1 Å². The molecule has 3 aromatic rings. The number of thiazole rings is 1. The van der Waals surface area contributed by atoms with Crippen molar-refractivity contribution in [2.45, 2.75) is 44.3 Å². The summed E-state index contributed by atoms with van der Waals surface area (Å²) < 4.78 is 51.8. The minimum atomic E-state index is -3.00. The summed E-state index contributed by atoms with van der Waals surface area (Å²) in [7, 11) is -3.00. The van der Waals surface area contributed by atoms with Gasteiger partial charge in [0.05, 0.1) is 40.0 Å². The second-order valence-electron chi connectivity index (χ2n) is 10.3. The number of halogens is 2. The number of nitrogens with one attached hydrogen (secondary N) is 1. The van der Waals surface area contributed by atoms with Crippen molar-refractivity contribution in [1.29, 1.82) is 5.26 Å². The molecule has 1 unspecified atom stereocenters. The molecule has 1 amide bonds. The third-order valence-corrected chi connectivity index (χ3v) is 10.2. The number of hydrogen-bond donors (Lipinski definition) is 1. The molecule has 4 atom stereocenters. The van der Waals surface area contributed by atoms with E-state index in [0.717, 1.165) is 22.3 Å². The number of carbonyl (C=O) groups excluding carboxylic acids is 1. The van der Waals surface area contributed by atoms with E-state index in [1.165, 1.54) is 17.4 Å². The van der Waals surface area contributed by atoms with E-state index in [2.05, 4.69) is 10.3 Å². The maximum atomic E-state index is 14.6. The molecular weight excluding hydrogens is 556 g/mol. The Morgan fingerprint density at radius 3 is 2.55 bits per heavy atom. The highest BCUT2D eigenvalue weighted by molar-refractivity contribution is 7.91. The van der Waals surface area contributed by atoms with Crippen molar-refractivity contribution < 1.29 is 22.0 Å². The molecule has 1 aromatic carbocycles. The van der Waals surface area contributed by atoms with Gasteiger partial charge < -0.3 is 10.2 Å². The average Bonchev–Trinajstić information content (AvgIpc) is 3.38. The summed E-state index contributed by atoms with van der Waals surface area (Å²) in [6, 6.07) is 11.9. The van der Waals surface area contributed by atoms with Crippen molar-refractivity contribution in [3.63, 3.8) is 0 Å². The summed E-state index contributed by atoms with van der Waals surface area (Å²) in [6.45, 7) is 2.44. The van der Waals surface area contributed by atoms with Gasteiger partial charge in [-0.25, -0.2) is 22.2 Å². The quantitative estimate of drug-likeness (QED) is 0.453. The van der Waals surface area contributed by atoms with Crippen molar-refractivity contribution in [1.82, 2.24) is 15.3 Å². The van der Waals surface area contributed by atoms with Crippen LogP contribution in [0.1, 0.15) is 37.8 Å². The summed E-state index contributed by atoms with van der Waals surface area (Å²) in [6.07, 6.45) is 0.731. The lowest BCUT2D eigenvalue weighted by molar-refractivity contribution is -0.127. The zero-order valence-corrected chi connectivity index (χ0v) is 23.5. The van der Waals surface area contributed by atoms with Gasteiger partial charge in [-0.1, -0.05) is 12.1 Å². The lowest BCUT2D eigenvalue weighted by atomic mass is 9.75. The predicted octanol–water partition coefficient (Wildman–Crippen LogP) is 4.50. The Morgan fingerprint density at radius 1 is 1.18 bits per heavy atom. The Balaban J connectivity index is 1.52. The monoisotopic (exact) mass is 585 g/mol. The molecule has 210 valence electrons. The minimum Gasteiger partial charge on any atom is -0.369 e. The fourth-order valence-corrected chi connectivity index (χ4v) is 7.60. The van der Waals surface area contributed by atoms with Gasteiger partial charge in [-0.05, 0) is 56.0 Å². The highest BCUT2D eigenvalue weighted by Gasteiger charge is 2.39. The van der Waals surface area contributed by atoms with Gasteiger partial charge in [0.2, 0.25) is 5.91 Å². The number of benzene rings is 1. The standard InChI is InChI=1S/C28H29F2N5O3S2/c1-17(15-31)33-27(36)23-14-19(29)4-8-22(23)25-26(39-28(34-25)24-9-5-20(30)16-32-24)18-2-6-21(7-3-18)35-10-12-40(37,38)13-11-35/h2-3,5-7,9,16-17,19,22-23H,4,8,10-14H2,1H3,(H,33,36)/t17-,19-,22+,23?/m0/s1. The number of hydrogen-bond acceptors (Lipinski definition) is 8. The van der Waals surface area contributed by atoms with Gasteiger partial charge in [0.15, 0.2) is 9.84 Å². The van der Waals surface area contributed by atoms with Crippen molar-refractivity contribution >= 4 is 32.8 Å². The molecule has 0 spiro atoms. The minimum absolute atomic E-state index is 0.0343. The molecule has 2 aromatic heterocycles. The lowest BCUT2D eigenvalue weighted by Crippen LogP contribution is -2.41. The normalized spacial score (nSPS) is 23.2. The number of nitrogens with zero attached hydrogens (tertiary/aromatic N) is 4. The lowest BCUT2D eigenvalue weighted by Gasteiger charge is -2.32. The molecule has 2 fully saturated rings. The molecule has 1 N–H and O–H groups in total. The third-order valence-electron chi connectivity index (χ3n) is 7.47. The molecule has 8 nitrogen and oxygen atoms in total. The second-order valence-corrected chi connectivity index (χ2v) is 13.6. The molecule has 3 heterocycles. The van der Waals surface area contributed by atoms with Gasteiger partial charge in [-0.2, -0.15) is 5.26 Å². The summed E-state index contributed by atoms with van der Waals surface area (Å²) in [5.41, 5.74) is 2.90. The molecule has 1 aliphatic heterocycles. The van der Waals surface area contributed by atoms with Crippen molar-refractivity contribution in [2.75, 3.05) is 29.5 Å². The van der Waals surface area contributed by atoms with Crippen LogP contribution in [-0.4, -0.2) is 61.1 Å². The van der Waals surface area contributed by atoms with Crippen LogP contribution in [0.3, 0.4) is 0 Å². The highest BCUT2D eigenvalue weighted by Crippen LogP contribution is 2.46. The summed E-state index contributed by atoms with van der Waals surface area (Å²) in [5.74, 6) is -1.70. The van der Waals surface area contributed by atoms with Crippen LogP contribution in [0.4, 0.5) is 14.5 Å². The average molecular weight is 586 g/mol. The number of amides is 1. The predicted molar refractivity (Wildman–Crippen MR) is 150 cm³/mol. The first-order valence-corrected chi connectivity index (χ1v) is 15.8. The Bertz CT molecular complexity index is 1510. The molecule has 40 heavy (non-hydrogen) atoms. The van der Waals surface area contributed by atoms with Gasteiger partial charge in [-0.15, -0.1) is 11.3 Å². The SMILES string of the molecule is C[C@@H](C#N)NC(=O)C1C[C@@H](F)CC[C@H]1c1nc(-c2ccc(F)cn2)sc1-c1ccc(N2CCS(=O)(=O)CC2)cc1. The molecule has 2 aliphatic rings. The van der Waals surface area contributed by atoms with Crippen LogP contribution in [0.2, 0.25) is 0 Å². The summed E-state index contributed by atoms with van der Waals surface area (Å²) in [5, 5.41) is 12.4. The van der Waals surface area contributed by atoms with Crippen molar-refractivity contribution in [2.24, 2.45) is 5.92 Å². The number of carbonyl (C=O) groups is 1. The number of rotatable bonds is 6. The van der Waals surface area contributed by atoms with E-state index in [4.69, 9.17) is 4.98 Å². The molecule has 1 saturated heterocycles. The van der Waals surface area contributed by atoms with Crippen molar-refractivity contribution in [3.8, 4) is 27.2 Å². The topological polar surface area (TPSA) is 116 Å². The van der Waals surface area contributed by atoms with Gasteiger partial charge in [-0.3, -0.25) is 9.78 Å². The number of alkyl halides is 1. The second kappa shape index (κ2) is 11.6. The smallest absolute Gasteiger partial charge is 0.224 e. The maximum Gasteiger partial charge on any atom is 0.224 e. The first kappa shape index (κ1) is 28.1. The molecule has 1 saturated carbocycles. The van der Waals surface area contributed by atoms with E-state index in [0.29, 0.717) is 42.3 Å². The number of pyridine rings is 1. The number of nitriles is 1. The maximum absolute atomic E-state index is 14.6. The number of anilines is 1. The first-order valence-electron chi connectivity index (χ1n) is 13.2. The van der Waals surface area contributed by atoms with Crippen LogP contribution < -0.4 is 10.2 Å². The molecule has 0 radical (unpaired) electrons. The van der Waals surface area contributed by atoms with Crippen molar-refractivity contribution in [3.05, 3.63) is 54.1 Å². The Kier molecular flexibility index (Phi) is 8.14. The van der Waals surface area contributed by atoms with Crippen LogP contribution >= 0.6 is 11.3 Å². The molecule has 1 aliphatic carbocycles. The third kappa shape index (κ3) is 6.15. The number of aromatic nitrogens is 2. The fourth-order valence-electron chi connectivity index (χ4n) is 5.29. The van der Waals surface area contributed by atoms with Gasteiger partial charge in [0.25, 0.3) is 0 Å². The highest BCUT2D eigenvalue weighted by atomic mass is 32.2. The Labute approximate surface area is 236 Å². The van der Waals surface area contributed by atoms with Crippen LogP contribution in [0.15, 0.2) is 42.6 Å². The van der Waals surface area contributed by atoms with E-state index in [9.17, 15) is 27.3 Å². The molecule has 5 rings (SSSR count). The first-order chi connectivity index (χ1) is 19.1. The van der Waals surface area contributed by atoms with E-state index in [1.54, 1.807) is 13.0 Å². The largest absolute Gasteiger partial charge is 0.369 e. The van der Waals surface area contributed by atoms with Gasteiger partial charge in [0, 0.05) is 30.6 Å². The fraction of sp³-hybridized carbons (Fsp3) is 0.429. The van der Waals surface area contributed by atoms with E-state index >= 15 is 0 Å². The zero-order chi connectivity index (χ0) is 28.4. The Hall–Kier alpha value is -3.43. The van der Waals surface area contributed by atoms with Crippen LogP contribution in [0.5, 0.6) is 0 Å². The summed E-state index contributed by atoms with van der Waals surface area (Å²) in [4.78, 5) is 25.1. The summed E-state index contributed by atoms with van der Waals surface area (Å²) >= 11 is 1.37. The Morgan fingerprint density at radius 2 is 1.90 bits per heavy atom. The molecule has 0 bridgehead atoms. The van der Waals surface area contributed by atoms with Gasteiger partial charge >= 0.3 is 0 Å². The molecule has 12 heteroatoms. The van der Waals surface area contributed by atoms with E-state index in [-0.39, 0.29) is 29.8 Å². The number of sulfone groups is 1. The van der Waals surface area contributed by atoms with Crippen LogP contribution in [0, 0.1) is 23.1 Å². The molecular formula is C28H29F2N5O3S2. The van der Waals surface area contributed by atoms with Gasteiger partial charge in [0.1, 0.15) is 23.0 Å². The van der Waals surface area contributed by atoms with E-state index in [1.807, 2.05) is 35.2 Å². The zero-order valence-electron chi connectivity index (χ0n) is 21.9. The van der Waals surface area contributed by atoms with E-state index < -0.39 is 33.8 Å². The van der Waals surface area contributed by atoms with Crippen LogP contribution in [-0.2, 0) is 14.6 Å².